The maximum atomic E-state index is 12.3. The van der Waals surface area contributed by atoms with Crippen molar-refractivity contribution in [3.63, 3.8) is 0 Å². The van der Waals surface area contributed by atoms with Gasteiger partial charge in [0.1, 0.15) is 0 Å². The Bertz CT molecular complexity index is 278. The number of unbranched alkanes of at least 4 members (excludes halogenated alkanes) is 5. The molecule has 2 rings (SSSR count). The molecule has 2 N–H and O–H groups in total. The maximum Gasteiger partial charge on any atom is 0.223 e. The fourth-order valence-corrected chi connectivity index (χ4v) is 3.81. The molecular weight excluding hydrogens is 236 g/mol. The summed E-state index contributed by atoms with van der Waals surface area (Å²) >= 11 is 0. The normalized spacial score (nSPS) is 29.8. The molecule has 3 heteroatoms. The van der Waals surface area contributed by atoms with Crippen molar-refractivity contribution in [3.05, 3.63) is 0 Å². The summed E-state index contributed by atoms with van der Waals surface area (Å²) in [6.45, 7) is 2.24. The van der Waals surface area contributed by atoms with E-state index in [9.17, 15) is 4.79 Å². The molecule has 1 amide bonds. The Kier molecular flexibility index (Phi) is 5.68. The third-order valence-electron chi connectivity index (χ3n) is 4.80. The van der Waals surface area contributed by atoms with Crippen LogP contribution < -0.4 is 5.73 Å². The van der Waals surface area contributed by atoms with Gasteiger partial charge in [0.15, 0.2) is 0 Å². The van der Waals surface area contributed by atoms with Crippen LogP contribution in [0.25, 0.3) is 0 Å². The molecule has 0 aliphatic carbocycles. The Morgan fingerprint density at radius 2 is 1.63 bits per heavy atom. The molecule has 110 valence electrons. The summed E-state index contributed by atoms with van der Waals surface area (Å²) < 4.78 is 0. The summed E-state index contributed by atoms with van der Waals surface area (Å²) in [6.07, 6.45) is 12.7. The molecule has 2 aliphatic heterocycles. The standard InChI is InChI=1S/C16H30N2O/c1-2-3-4-5-6-7-8-16(19)18-14-9-10-15(18)12-13(17)11-14/h13-15H,2-12,17H2,1H3. The molecule has 2 aliphatic rings. The molecular formula is C16H30N2O. The van der Waals surface area contributed by atoms with Gasteiger partial charge in [-0.2, -0.15) is 0 Å². The highest BCUT2D eigenvalue weighted by molar-refractivity contribution is 5.77. The minimum absolute atomic E-state index is 0.329. The van der Waals surface area contributed by atoms with E-state index < -0.39 is 0 Å². The number of fused-ring (bicyclic) bond motifs is 2. The van der Waals surface area contributed by atoms with Gasteiger partial charge in [0.25, 0.3) is 0 Å². The molecule has 0 radical (unpaired) electrons. The smallest absolute Gasteiger partial charge is 0.223 e. The lowest BCUT2D eigenvalue weighted by molar-refractivity contribution is -0.135. The highest BCUT2D eigenvalue weighted by Gasteiger charge is 2.41. The van der Waals surface area contributed by atoms with Gasteiger partial charge in [-0.05, 0) is 32.1 Å². The van der Waals surface area contributed by atoms with Crippen molar-refractivity contribution in [2.75, 3.05) is 0 Å². The second kappa shape index (κ2) is 7.28. The van der Waals surface area contributed by atoms with Crippen LogP contribution in [0.2, 0.25) is 0 Å². The van der Waals surface area contributed by atoms with Crippen molar-refractivity contribution in [2.45, 2.75) is 95.7 Å². The highest BCUT2D eigenvalue weighted by Crippen LogP contribution is 2.35. The summed E-state index contributed by atoms with van der Waals surface area (Å²) in [4.78, 5) is 14.5. The minimum atomic E-state index is 0.329. The maximum absolute atomic E-state index is 12.3. The average Bonchev–Trinajstić information content (AvgIpc) is 2.66. The monoisotopic (exact) mass is 266 g/mol. The molecule has 0 aromatic carbocycles. The zero-order chi connectivity index (χ0) is 13.7. The van der Waals surface area contributed by atoms with Gasteiger partial charge in [-0.25, -0.2) is 0 Å². The summed E-state index contributed by atoms with van der Waals surface area (Å²) in [6, 6.07) is 1.25. The molecule has 2 unspecified atom stereocenters. The van der Waals surface area contributed by atoms with Crippen LogP contribution in [-0.2, 0) is 4.79 Å². The zero-order valence-corrected chi connectivity index (χ0v) is 12.4. The van der Waals surface area contributed by atoms with Crippen molar-refractivity contribution in [1.29, 1.82) is 0 Å². The molecule has 2 atom stereocenters. The van der Waals surface area contributed by atoms with Gasteiger partial charge in [0, 0.05) is 24.5 Å². The Morgan fingerprint density at radius 1 is 1.05 bits per heavy atom. The predicted molar refractivity (Wildman–Crippen MR) is 78.9 cm³/mol. The number of nitrogens with two attached hydrogens (primary N) is 1. The van der Waals surface area contributed by atoms with Gasteiger partial charge in [-0.1, -0.05) is 39.0 Å². The number of nitrogens with zero attached hydrogens (tertiary/aromatic N) is 1. The topological polar surface area (TPSA) is 46.3 Å². The lowest BCUT2D eigenvalue weighted by Gasteiger charge is -2.37. The number of hydrogen-bond donors (Lipinski definition) is 1. The fourth-order valence-electron chi connectivity index (χ4n) is 3.81. The van der Waals surface area contributed by atoms with Crippen LogP contribution in [0.15, 0.2) is 0 Å². The van der Waals surface area contributed by atoms with Crippen LogP contribution in [0.1, 0.15) is 77.6 Å². The van der Waals surface area contributed by atoms with Gasteiger partial charge < -0.3 is 10.6 Å². The van der Waals surface area contributed by atoms with E-state index in [1.165, 1.54) is 44.9 Å². The fraction of sp³-hybridized carbons (Fsp3) is 0.938. The van der Waals surface area contributed by atoms with Gasteiger partial charge in [0.05, 0.1) is 0 Å². The van der Waals surface area contributed by atoms with Crippen LogP contribution in [0, 0.1) is 0 Å². The number of carbonyl (C=O) groups is 1. The van der Waals surface area contributed by atoms with E-state index in [4.69, 9.17) is 5.73 Å². The van der Waals surface area contributed by atoms with Crippen LogP contribution >= 0.6 is 0 Å². The van der Waals surface area contributed by atoms with Crippen molar-refractivity contribution in [3.8, 4) is 0 Å². The molecule has 3 nitrogen and oxygen atoms in total. The van der Waals surface area contributed by atoms with Crippen molar-refractivity contribution in [1.82, 2.24) is 4.90 Å². The molecule has 19 heavy (non-hydrogen) atoms. The van der Waals surface area contributed by atoms with E-state index in [0.29, 0.717) is 24.0 Å². The number of carbonyl (C=O) groups excluding carboxylic acids is 1. The Labute approximate surface area is 117 Å². The SMILES string of the molecule is CCCCCCCCC(=O)N1C2CCC1CC(N)C2. The van der Waals surface area contributed by atoms with Gasteiger partial charge in [0.2, 0.25) is 5.91 Å². The van der Waals surface area contributed by atoms with E-state index in [0.717, 1.165) is 25.7 Å². The summed E-state index contributed by atoms with van der Waals surface area (Å²) in [7, 11) is 0. The Morgan fingerprint density at radius 3 is 2.26 bits per heavy atom. The minimum Gasteiger partial charge on any atom is -0.337 e. The Hall–Kier alpha value is -0.570. The van der Waals surface area contributed by atoms with E-state index in [2.05, 4.69) is 11.8 Å². The number of amides is 1. The number of piperidine rings is 1. The quantitative estimate of drug-likeness (QED) is 0.719. The van der Waals surface area contributed by atoms with Crippen molar-refractivity contribution >= 4 is 5.91 Å². The zero-order valence-electron chi connectivity index (χ0n) is 12.4. The Balaban J connectivity index is 1.66. The summed E-state index contributed by atoms with van der Waals surface area (Å²) in [5, 5.41) is 0. The van der Waals surface area contributed by atoms with E-state index in [1.54, 1.807) is 0 Å². The molecule has 2 fully saturated rings. The van der Waals surface area contributed by atoms with Gasteiger partial charge >= 0.3 is 0 Å². The first-order valence-corrected chi connectivity index (χ1v) is 8.29. The highest BCUT2D eigenvalue weighted by atomic mass is 16.2. The predicted octanol–water partition coefficient (Wildman–Crippen LogP) is 3.22. The third kappa shape index (κ3) is 3.95. The molecule has 0 spiro atoms. The second-order valence-corrected chi connectivity index (χ2v) is 6.44. The van der Waals surface area contributed by atoms with E-state index in [-0.39, 0.29) is 0 Å². The third-order valence-corrected chi connectivity index (χ3v) is 4.80. The molecule has 0 aromatic heterocycles. The largest absolute Gasteiger partial charge is 0.337 e. The number of rotatable bonds is 7. The van der Waals surface area contributed by atoms with Crippen molar-refractivity contribution in [2.24, 2.45) is 5.73 Å². The summed E-state index contributed by atoms with van der Waals surface area (Å²) in [5.74, 6) is 0.398. The number of hydrogen-bond acceptors (Lipinski definition) is 2. The lowest BCUT2D eigenvalue weighted by Crippen LogP contribution is -2.50. The van der Waals surface area contributed by atoms with Crippen molar-refractivity contribution < 1.29 is 4.79 Å². The average molecular weight is 266 g/mol. The first kappa shape index (κ1) is 14.8. The second-order valence-electron chi connectivity index (χ2n) is 6.44. The van der Waals surface area contributed by atoms with Gasteiger partial charge in [-0.3, -0.25) is 4.79 Å². The first-order chi connectivity index (χ1) is 9.22. The van der Waals surface area contributed by atoms with Crippen LogP contribution in [0.3, 0.4) is 0 Å². The van der Waals surface area contributed by atoms with Gasteiger partial charge in [-0.15, -0.1) is 0 Å². The molecule has 2 heterocycles. The van der Waals surface area contributed by atoms with Crippen LogP contribution in [0.4, 0.5) is 0 Å². The molecule has 2 saturated heterocycles. The van der Waals surface area contributed by atoms with Crippen LogP contribution in [0.5, 0.6) is 0 Å². The van der Waals surface area contributed by atoms with E-state index in [1.807, 2.05) is 0 Å². The molecule has 2 bridgehead atoms. The first-order valence-electron chi connectivity index (χ1n) is 8.29. The van der Waals surface area contributed by atoms with E-state index >= 15 is 0 Å². The summed E-state index contributed by atoms with van der Waals surface area (Å²) in [5.41, 5.74) is 6.05. The molecule has 0 aromatic rings. The lowest BCUT2D eigenvalue weighted by atomic mass is 9.97. The molecule has 0 saturated carbocycles. The van der Waals surface area contributed by atoms with Crippen LogP contribution in [-0.4, -0.2) is 28.9 Å².